The molecule has 1 aliphatic rings. The second-order valence-electron chi connectivity index (χ2n) is 7.55. The zero-order valence-corrected chi connectivity index (χ0v) is 19.7. The highest BCUT2D eigenvalue weighted by atomic mass is 32.1. The maximum atomic E-state index is 13.1. The van der Waals surface area contributed by atoms with Gasteiger partial charge in [-0.05, 0) is 73.9 Å². The normalized spacial score (nSPS) is 16.1. The van der Waals surface area contributed by atoms with E-state index >= 15 is 0 Å². The zero-order valence-electron chi connectivity index (χ0n) is 18.9. The Morgan fingerprint density at radius 1 is 1.09 bits per heavy atom. The molecule has 170 valence electrons. The number of esters is 1. The van der Waals surface area contributed by atoms with Gasteiger partial charge in [-0.25, -0.2) is 4.79 Å². The van der Waals surface area contributed by atoms with Crippen molar-refractivity contribution in [3.05, 3.63) is 64.4 Å². The number of allylic oxidation sites excluding steroid dienone is 1. The molecule has 32 heavy (non-hydrogen) atoms. The summed E-state index contributed by atoms with van der Waals surface area (Å²) in [5.74, 6) is -0.170. The maximum Gasteiger partial charge on any atom is 0.338 e. The van der Waals surface area contributed by atoms with E-state index in [1.165, 1.54) is 7.11 Å². The summed E-state index contributed by atoms with van der Waals surface area (Å²) in [6.07, 6.45) is 0. The molecule has 0 saturated heterocycles. The summed E-state index contributed by atoms with van der Waals surface area (Å²) >= 11 is 5.69. The molecule has 8 heteroatoms. The van der Waals surface area contributed by atoms with Crippen LogP contribution in [0.4, 0.5) is 5.69 Å². The highest BCUT2D eigenvalue weighted by molar-refractivity contribution is 7.80. The van der Waals surface area contributed by atoms with Gasteiger partial charge in [0.15, 0.2) is 16.6 Å². The van der Waals surface area contributed by atoms with Crippen molar-refractivity contribution in [2.75, 3.05) is 32.3 Å². The Bertz CT molecular complexity index is 1070. The van der Waals surface area contributed by atoms with Crippen molar-refractivity contribution in [3.63, 3.8) is 0 Å². The number of methoxy groups -OCH3 is 2. The predicted octanol–water partition coefficient (Wildman–Crippen LogP) is 3.92. The lowest BCUT2D eigenvalue weighted by atomic mass is 9.94. The molecule has 0 spiro atoms. The molecule has 0 aliphatic carbocycles. The molecule has 2 N–H and O–H groups in total. The van der Waals surface area contributed by atoms with Crippen LogP contribution in [-0.4, -0.2) is 43.6 Å². The van der Waals surface area contributed by atoms with E-state index in [-0.39, 0.29) is 12.4 Å². The van der Waals surface area contributed by atoms with E-state index < -0.39 is 12.0 Å². The molecule has 0 aromatic heterocycles. The summed E-state index contributed by atoms with van der Waals surface area (Å²) in [5, 5.41) is 14.0. The van der Waals surface area contributed by atoms with E-state index in [0.717, 1.165) is 16.8 Å². The molecule has 0 bridgehead atoms. The number of nitrogens with zero attached hydrogens (tertiary/aromatic N) is 1. The van der Waals surface area contributed by atoms with Crippen molar-refractivity contribution >= 4 is 29.0 Å². The number of phenols is 1. The van der Waals surface area contributed by atoms with Crippen LogP contribution in [-0.2, 0) is 14.3 Å². The number of aromatic hydroxyl groups is 1. The van der Waals surface area contributed by atoms with Crippen molar-refractivity contribution in [2.45, 2.75) is 26.8 Å². The molecule has 2 aromatic carbocycles. The van der Waals surface area contributed by atoms with E-state index in [2.05, 4.69) is 5.32 Å². The van der Waals surface area contributed by atoms with Crippen LogP contribution in [0.15, 0.2) is 47.7 Å². The average Bonchev–Trinajstić information content (AvgIpc) is 2.75. The van der Waals surface area contributed by atoms with Crippen LogP contribution in [0.2, 0.25) is 0 Å². The van der Waals surface area contributed by atoms with Crippen LogP contribution >= 0.6 is 12.2 Å². The molecule has 0 amide bonds. The van der Waals surface area contributed by atoms with Gasteiger partial charge in [-0.3, -0.25) is 4.90 Å². The molecule has 3 rings (SSSR count). The lowest BCUT2D eigenvalue weighted by Crippen LogP contribution is -2.48. The summed E-state index contributed by atoms with van der Waals surface area (Å²) < 4.78 is 15.6. The fourth-order valence-corrected chi connectivity index (χ4v) is 3.98. The molecular formula is C24H28N2O5S. The second-order valence-corrected chi connectivity index (χ2v) is 7.93. The zero-order chi connectivity index (χ0) is 23.4. The fourth-order valence-electron chi connectivity index (χ4n) is 3.62. The number of hydrogen-bond acceptors (Lipinski definition) is 6. The van der Waals surface area contributed by atoms with Crippen molar-refractivity contribution in [2.24, 2.45) is 0 Å². The van der Waals surface area contributed by atoms with Crippen LogP contribution in [0.1, 0.15) is 29.7 Å². The molecular weight excluding hydrogens is 428 g/mol. The first-order valence-corrected chi connectivity index (χ1v) is 10.6. The Morgan fingerprint density at radius 2 is 1.84 bits per heavy atom. The quantitative estimate of drug-likeness (QED) is 0.369. The van der Waals surface area contributed by atoms with Gasteiger partial charge in [0, 0.05) is 18.5 Å². The van der Waals surface area contributed by atoms with E-state index in [1.54, 1.807) is 25.3 Å². The molecule has 0 radical (unpaired) electrons. The Labute approximate surface area is 193 Å². The van der Waals surface area contributed by atoms with Gasteiger partial charge >= 0.3 is 5.97 Å². The van der Waals surface area contributed by atoms with Crippen LogP contribution in [0.5, 0.6) is 11.5 Å². The van der Waals surface area contributed by atoms with Crippen LogP contribution in [0.3, 0.4) is 0 Å². The van der Waals surface area contributed by atoms with Gasteiger partial charge in [0.05, 0.1) is 25.3 Å². The largest absolute Gasteiger partial charge is 0.504 e. The fraction of sp³-hybridized carbons (Fsp3) is 0.333. The lowest BCUT2D eigenvalue weighted by Gasteiger charge is -2.37. The molecule has 1 atom stereocenters. The third-order valence-corrected chi connectivity index (χ3v) is 5.81. The van der Waals surface area contributed by atoms with E-state index in [1.807, 2.05) is 43.9 Å². The Kier molecular flexibility index (Phi) is 7.37. The first kappa shape index (κ1) is 23.6. The van der Waals surface area contributed by atoms with Crippen molar-refractivity contribution in [3.8, 4) is 11.5 Å². The molecule has 1 unspecified atom stereocenters. The number of ether oxygens (including phenoxy) is 3. The van der Waals surface area contributed by atoms with E-state index in [0.29, 0.717) is 34.3 Å². The SMILES string of the molecule is COCCOC(=O)C1=C(C)N(c2ccc(C)c(C)c2)C(=S)NC1c1ccc(OC)c(O)c1. The van der Waals surface area contributed by atoms with Crippen LogP contribution < -0.4 is 15.0 Å². The predicted molar refractivity (Wildman–Crippen MR) is 127 cm³/mol. The minimum Gasteiger partial charge on any atom is -0.504 e. The Morgan fingerprint density at radius 3 is 2.47 bits per heavy atom. The summed E-state index contributed by atoms with van der Waals surface area (Å²) in [6, 6.07) is 10.4. The van der Waals surface area contributed by atoms with Gasteiger partial charge in [0.2, 0.25) is 0 Å². The van der Waals surface area contributed by atoms with Crippen molar-refractivity contribution in [1.82, 2.24) is 5.32 Å². The van der Waals surface area contributed by atoms with Gasteiger partial charge in [-0.2, -0.15) is 0 Å². The number of phenolic OH excluding ortho intramolecular Hbond substituents is 1. The molecule has 0 saturated carbocycles. The molecule has 2 aromatic rings. The number of nitrogens with one attached hydrogen (secondary N) is 1. The number of aryl methyl sites for hydroxylation is 2. The van der Waals surface area contributed by atoms with Gasteiger partial charge < -0.3 is 24.6 Å². The standard InChI is InChI=1S/C24H28N2O5S/c1-14-6-8-18(12-15(14)2)26-16(3)21(23(28)31-11-10-29-4)22(25-24(26)32)17-7-9-20(30-5)19(27)13-17/h6-9,12-13,22,27H,10-11H2,1-5H3,(H,25,32). The topological polar surface area (TPSA) is 80.3 Å². The van der Waals surface area contributed by atoms with Gasteiger partial charge in [-0.15, -0.1) is 0 Å². The second kappa shape index (κ2) is 10.0. The Hall–Kier alpha value is -3.10. The first-order valence-electron chi connectivity index (χ1n) is 10.2. The van der Waals surface area contributed by atoms with E-state index in [4.69, 9.17) is 26.4 Å². The monoisotopic (exact) mass is 456 g/mol. The molecule has 1 aliphatic heterocycles. The summed E-state index contributed by atoms with van der Waals surface area (Å²) in [5.41, 5.74) is 4.84. The number of carbonyl (C=O) groups is 1. The van der Waals surface area contributed by atoms with Gasteiger partial charge in [0.25, 0.3) is 0 Å². The smallest absolute Gasteiger partial charge is 0.338 e. The summed E-state index contributed by atoms with van der Waals surface area (Å²) in [6.45, 7) is 6.33. The number of thiocarbonyl (C=S) groups is 1. The van der Waals surface area contributed by atoms with Crippen LogP contribution in [0, 0.1) is 13.8 Å². The highest BCUT2D eigenvalue weighted by Crippen LogP contribution is 2.37. The van der Waals surface area contributed by atoms with Gasteiger partial charge in [0.1, 0.15) is 6.61 Å². The number of rotatable bonds is 7. The van der Waals surface area contributed by atoms with Crippen molar-refractivity contribution in [1.29, 1.82) is 0 Å². The highest BCUT2D eigenvalue weighted by Gasteiger charge is 2.36. The maximum absolute atomic E-state index is 13.1. The average molecular weight is 457 g/mol. The number of benzene rings is 2. The molecule has 0 fully saturated rings. The lowest BCUT2D eigenvalue weighted by molar-refractivity contribution is -0.140. The summed E-state index contributed by atoms with van der Waals surface area (Å²) in [7, 11) is 3.02. The minimum absolute atomic E-state index is 0.0286. The number of carbonyl (C=O) groups excluding carboxylic acids is 1. The third kappa shape index (κ3) is 4.71. The molecule has 7 nitrogen and oxygen atoms in total. The minimum atomic E-state index is -0.600. The Balaban J connectivity index is 2.10. The first-order chi connectivity index (χ1) is 15.3. The van der Waals surface area contributed by atoms with Crippen LogP contribution in [0.25, 0.3) is 0 Å². The van der Waals surface area contributed by atoms with Gasteiger partial charge in [-0.1, -0.05) is 12.1 Å². The summed E-state index contributed by atoms with van der Waals surface area (Å²) in [4.78, 5) is 15.0. The number of hydrogen-bond donors (Lipinski definition) is 2. The van der Waals surface area contributed by atoms with Crippen molar-refractivity contribution < 1.29 is 24.1 Å². The van der Waals surface area contributed by atoms with E-state index in [9.17, 15) is 9.90 Å². The number of anilines is 1. The third-order valence-electron chi connectivity index (χ3n) is 5.51. The molecule has 1 heterocycles.